The second-order valence-electron chi connectivity index (χ2n) is 6.56. The standard InChI is InChI=1S/C22H22ClNO3/c1-4-5-17(22(25)26)20-13(2)24-19-11-8-15(23)12-18(19)21(20)14-6-9-16(27-3)10-7-14/h6-12,17H,4-5H2,1-3H3,(H,25,26). The number of aryl methyl sites for hydroxylation is 1. The summed E-state index contributed by atoms with van der Waals surface area (Å²) in [5, 5.41) is 11.3. The highest BCUT2D eigenvalue weighted by molar-refractivity contribution is 6.31. The van der Waals surface area contributed by atoms with Gasteiger partial charge in [0, 0.05) is 16.1 Å². The number of hydrogen-bond acceptors (Lipinski definition) is 3. The van der Waals surface area contributed by atoms with Gasteiger partial charge in [0.05, 0.1) is 18.5 Å². The van der Waals surface area contributed by atoms with Crippen LogP contribution in [0, 0.1) is 6.92 Å². The van der Waals surface area contributed by atoms with E-state index in [4.69, 9.17) is 16.3 Å². The lowest BCUT2D eigenvalue weighted by Crippen LogP contribution is -2.15. The van der Waals surface area contributed by atoms with Gasteiger partial charge in [-0.15, -0.1) is 0 Å². The number of ether oxygens (including phenoxy) is 1. The average molecular weight is 384 g/mol. The molecule has 1 heterocycles. The summed E-state index contributed by atoms with van der Waals surface area (Å²) in [6.07, 6.45) is 1.32. The number of halogens is 1. The van der Waals surface area contributed by atoms with Gasteiger partial charge in [0.1, 0.15) is 5.75 Å². The summed E-state index contributed by atoms with van der Waals surface area (Å²) in [6.45, 7) is 3.87. The summed E-state index contributed by atoms with van der Waals surface area (Å²) >= 11 is 6.26. The summed E-state index contributed by atoms with van der Waals surface area (Å²) in [4.78, 5) is 16.7. The second kappa shape index (κ2) is 7.97. The van der Waals surface area contributed by atoms with Crippen LogP contribution in [0.4, 0.5) is 0 Å². The van der Waals surface area contributed by atoms with E-state index >= 15 is 0 Å². The normalized spacial score (nSPS) is 12.1. The van der Waals surface area contributed by atoms with Crippen molar-refractivity contribution in [2.75, 3.05) is 7.11 Å². The van der Waals surface area contributed by atoms with Gasteiger partial charge in [-0.2, -0.15) is 0 Å². The smallest absolute Gasteiger partial charge is 0.311 e. The topological polar surface area (TPSA) is 59.4 Å². The quantitative estimate of drug-likeness (QED) is 0.580. The number of rotatable bonds is 6. The van der Waals surface area contributed by atoms with Crippen molar-refractivity contribution in [3.63, 3.8) is 0 Å². The van der Waals surface area contributed by atoms with Crippen LogP contribution in [-0.4, -0.2) is 23.2 Å². The van der Waals surface area contributed by atoms with Gasteiger partial charge >= 0.3 is 5.97 Å². The monoisotopic (exact) mass is 383 g/mol. The Morgan fingerprint density at radius 2 is 1.93 bits per heavy atom. The molecule has 0 spiro atoms. The second-order valence-corrected chi connectivity index (χ2v) is 6.99. The van der Waals surface area contributed by atoms with Gasteiger partial charge in [0.25, 0.3) is 0 Å². The lowest BCUT2D eigenvalue weighted by molar-refractivity contribution is -0.139. The zero-order valence-electron chi connectivity index (χ0n) is 15.6. The third-order valence-corrected chi connectivity index (χ3v) is 5.01. The minimum absolute atomic E-state index is 0.549. The van der Waals surface area contributed by atoms with E-state index in [-0.39, 0.29) is 0 Å². The van der Waals surface area contributed by atoms with Crippen LogP contribution in [-0.2, 0) is 4.79 Å². The number of carboxylic acid groups (broad SMARTS) is 1. The van der Waals surface area contributed by atoms with Gasteiger partial charge in [-0.1, -0.05) is 37.1 Å². The van der Waals surface area contributed by atoms with Gasteiger partial charge < -0.3 is 9.84 Å². The number of aliphatic carboxylic acids is 1. The minimum Gasteiger partial charge on any atom is -0.497 e. The summed E-state index contributed by atoms with van der Waals surface area (Å²) in [7, 11) is 1.62. The highest BCUT2D eigenvalue weighted by atomic mass is 35.5. The zero-order chi connectivity index (χ0) is 19.6. The number of carbonyl (C=O) groups is 1. The Hall–Kier alpha value is -2.59. The molecule has 0 aliphatic heterocycles. The number of methoxy groups -OCH3 is 1. The molecular weight excluding hydrogens is 362 g/mol. The number of carboxylic acids is 1. The largest absolute Gasteiger partial charge is 0.497 e. The van der Waals surface area contributed by atoms with Crippen molar-refractivity contribution in [2.45, 2.75) is 32.6 Å². The first-order valence-corrected chi connectivity index (χ1v) is 9.31. The van der Waals surface area contributed by atoms with Gasteiger partial charge in [-0.25, -0.2) is 0 Å². The van der Waals surface area contributed by atoms with Crippen molar-refractivity contribution in [1.82, 2.24) is 4.98 Å². The van der Waals surface area contributed by atoms with E-state index in [0.29, 0.717) is 11.4 Å². The fraction of sp³-hybridized carbons (Fsp3) is 0.273. The van der Waals surface area contributed by atoms with Crippen molar-refractivity contribution >= 4 is 28.5 Å². The van der Waals surface area contributed by atoms with Crippen LogP contribution in [0.2, 0.25) is 5.02 Å². The highest BCUT2D eigenvalue weighted by Crippen LogP contribution is 2.40. The molecule has 0 aliphatic rings. The lowest BCUT2D eigenvalue weighted by atomic mass is 9.85. The number of pyridine rings is 1. The fourth-order valence-electron chi connectivity index (χ4n) is 3.55. The average Bonchev–Trinajstić information content (AvgIpc) is 2.66. The van der Waals surface area contributed by atoms with Crippen molar-refractivity contribution in [3.05, 3.63) is 58.7 Å². The maximum absolute atomic E-state index is 12.1. The third-order valence-electron chi connectivity index (χ3n) is 4.78. The summed E-state index contributed by atoms with van der Waals surface area (Å²) in [6, 6.07) is 13.2. The van der Waals surface area contributed by atoms with Crippen LogP contribution in [0.5, 0.6) is 5.75 Å². The number of aromatic nitrogens is 1. The van der Waals surface area contributed by atoms with Crippen LogP contribution >= 0.6 is 11.6 Å². The SMILES string of the molecule is CCCC(C(=O)O)c1c(C)nc2ccc(Cl)cc2c1-c1ccc(OC)cc1. The maximum atomic E-state index is 12.1. The molecule has 0 saturated heterocycles. The number of hydrogen-bond donors (Lipinski definition) is 1. The van der Waals surface area contributed by atoms with Crippen LogP contribution in [0.3, 0.4) is 0 Å². The Balaban J connectivity index is 2.38. The van der Waals surface area contributed by atoms with E-state index in [9.17, 15) is 9.90 Å². The highest BCUT2D eigenvalue weighted by Gasteiger charge is 2.27. The molecule has 0 bridgehead atoms. The molecule has 0 amide bonds. The van der Waals surface area contributed by atoms with Crippen molar-refractivity contribution in [2.24, 2.45) is 0 Å². The number of nitrogens with zero attached hydrogens (tertiary/aromatic N) is 1. The molecule has 0 fully saturated rings. The van der Waals surface area contributed by atoms with Crippen LogP contribution in [0.25, 0.3) is 22.0 Å². The Morgan fingerprint density at radius 3 is 2.52 bits per heavy atom. The van der Waals surface area contributed by atoms with Crippen LogP contribution in [0.15, 0.2) is 42.5 Å². The van der Waals surface area contributed by atoms with Crippen LogP contribution < -0.4 is 4.74 Å². The molecule has 0 saturated carbocycles. The molecule has 0 aliphatic carbocycles. The predicted octanol–water partition coefficient (Wildman–Crippen LogP) is 5.84. The van der Waals surface area contributed by atoms with Gasteiger partial charge in [0.15, 0.2) is 0 Å². The number of benzene rings is 2. The Morgan fingerprint density at radius 1 is 1.22 bits per heavy atom. The van der Waals surface area contributed by atoms with Crippen molar-refractivity contribution < 1.29 is 14.6 Å². The summed E-state index contributed by atoms with van der Waals surface area (Å²) in [5.74, 6) is -0.711. The van der Waals surface area contributed by atoms with Crippen LogP contribution in [0.1, 0.15) is 36.9 Å². The third kappa shape index (κ3) is 3.76. The van der Waals surface area contributed by atoms with Gasteiger partial charge in [-0.3, -0.25) is 9.78 Å². The Labute approximate surface area is 163 Å². The minimum atomic E-state index is -0.835. The molecule has 140 valence electrons. The molecule has 5 heteroatoms. The lowest BCUT2D eigenvalue weighted by Gasteiger charge is -2.21. The fourth-order valence-corrected chi connectivity index (χ4v) is 3.72. The molecular formula is C22H22ClNO3. The molecule has 2 aromatic carbocycles. The molecule has 0 radical (unpaired) electrons. The molecule has 27 heavy (non-hydrogen) atoms. The van der Waals surface area contributed by atoms with E-state index in [1.807, 2.05) is 50.2 Å². The molecule has 1 N–H and O–H groups in total. The van der Waals surface area contributed by atoms with E-state index in [0.717, 1.165) is 45.5 Å². The molecule has 1 unspecified atom stereocenters. The van der Waals surface area contributed by atoms with E-state index < -0.39 is 11.9 Å². The van der Waals surface area contributed by atoms with Crippen molar-refractivity contribution in [1.29, 1.82) is 0 Å². The molecule has 3 rings (SSSR count). The van der Waals surface area contributed by atoms with Gasteiger partial charge in [0.2, 0.25) is 0 Å². The van der Waals surface area contributed by atoms with Crippen molar-refractivity contribution in [3.8, 4) is 16.9 Å². The number of fused-ring (bicyclic) bond motifs is 1. The molecule has 1 atom stereocenters. The first-order chi connectivity index (χ1) is 13.0. The molecule has 4 nitrogen and oxygen atoms in total. The van der Waals surface area contributed by atoms with E-state index in [2.05, 4.69) is 4.98 Å². The van der Waals surface area contributed by atoms with E-state index in [1.54, 1.807) is 13.2 Å². The Kier molecular flexibility index (Phi) is 5.66. The first kappa shape index (κ1) is 19.2. The molecule has 3 aromatic rings. The Bertz CT molecular complexity index is 983. The van der Waals surface area contributed by atoms with E-state index in [1.165, 1.54) is 0 Å². The van der Waals surface area contributed by atoms with Gasteiger partial charge in [-0.05, 0) is 60.4 Å². The maximum Gasteiger partial charge on any atom is 0.311 e. The first-order valence-electron chi connectivity index (χ1n) is 8.93. The summed E-state index contributed by atoms with van der Waals surface area (Å²) < 4.78 is 5.26. The zero-order valence-corrected chi connectivity index (χ0v) is 16.4. The predicted molar refractivity (Wildman–Crippen MR) is 109 cm³/mol. The summed E-state index contributed by atoms with van der Waals surface area (Å²) in [5.41, 5.74) is 4.09. The molecule has 1 aromatic heterocycles.